The molecule has 202 valence electrons. The molecule has 3 aliphatic rings. The minimum absolute atomic E-state index is 0.121. The quantitative estimate of drug-likeness (QED) is 0.528. The topological polar surface area (TPSA) is 94.4 Å². The summed E-state index contributed by atoms with van der Waals surface area (Å²) in [6.07, 6.45) is 0.537. The molecule has 9 heteroatoms. The number of aromatic nitrogens is 2. The van der Waals surface area contributed by atoms with Gasteiger partial charge in [-0.15, -0.1) is 0 Å². The first-order valence-electron chi connectivity index (χ1n) is 13.6. The third-order valence-electron chi connectivity index (χ3n) is 7.69. The Morgan fingerprint density at radius 1 is 0.974 bits per heavy atom. The van der Waals surface area contributed by atoms with Crippen LogP contribution in [0.15, 0.2) is 59.6 Å². The Morgan fingerprint density at radius 2 is 1.74 bits per heavy atom. The zero-order valence-corrected chi connectivity index (χ0v) is 22.3. The number of ether oxygens (including phenoxy) is 1. The molecule has 0 spiro atoms. The van der Waals surface area contributed by atoms with Crippen molar-refractivity contribution >= 4 is 17.4 Å². The van der Waals surface area contributed by atoms with Gasteiger partial charge in [0.05, 0.1) is 25.3 Å². The van der Waals surface area contributed by atoms with E-state index in [0.717, 1.165) is 67.6 Å². The molecule has 1 aromatic heterocycles. The van der Waals surface area contributed by atoms with Gasteiger partial charge in [0, 0.05) is 69.5 Å². The predicted octanol–water partition coefficient (Wildman–Crippen LogP) is 2.66. The predicted molar refractivity (Wildman–Crippen MR) is 149 cm³/mol. The number of hydrogen-bond acceptors (Lipinski definition) is 8. The van der Waals surface area contributed by atoms with Crippen molar-refractivity contribution in [1.82, 2.24) is 19.8 Å². The van der Waals surface area contributed by atoms with Crippen LogP contribution in [0.25, 0.3) is 11.4 Å². The summed E-state index contributed by atoms with van der Waals surface area (Å²) in [7, 11) is 1.56. The molecule has 4 heterocycles. The molecule has 3 aliphatic heterocycles. The summed E-state index contributed by atoms with van der Waals surface area (Å²) in [6.45, 7) is 5.75. The lowest BCUT2D eigenvalue weighted by Crippen LogP contribution is -2.41. The fourth-order valence-corrected chi connectivity index (χ4v) is 5.43. The summed E-state index contributed by atoms with van der Waals surface area (Å²) < 4.78 is 5.63. The zero-order chi connectivity index (χ0) is 26.8. The highest BCUT2D eigenvalue weighted by atomic mass is 16.5. The summed E-state index contributed by atoms with van der Waals surface area (Å²) in [5.41, 5.74) is 6.36. The van der Waals surface area contributed by atoms with Crippen molar-refractivity contribution in [2.45, 2.75) is 38.7 Å². The fraction of sp³-hybridized carbons (Fsp3) is 0.400. The standard InChI is InChI=1S/C30H34N6O3/c1-34-27(37)18-24(31-30(34)38)17-21-7-9-23(10-8-21)28-32-26-11-12-35(19-22-5-3-2-4-6-22)20-25(26)29(33-28)36-13-15-39-16-14-36/h2-10,30,38H,11-20H2,1H3. The smallest absolute Gasteiger partial charge is 0.231 e. The average molecular weight is 527 g/mol. The van der Waals surface area contributed by atoms with Gasteiger partial charge in [0.2, 0.25) is 12.3 Å². The molecule has 1 fully saturated rings. The maximum absolute atomic E-state index is 12.1. The van der Waals surface area contributed by atoms with Gasteiger partial charge >= 0.3 is 0 Å². The molecule has 0 aliphatic carbocycles. The number of aliphatic imine (C=N–C) groups is 1. The van der Waals surface area contributed by atoms with E-state index in [0.29, 0.717) is 25.3 Å². The maximum atomic E-state index is 12.1. The average Bonchev–Trinajstić information content (AvgIpc) is 2.97. The number of carbonyl (C=O) groups is 1. The van der Waals surface area contributed by atoms with Crippen molar-refractivity contribution in [3.8, 4) is 11.4 Å². The van der Waals surface area contributed by atoms with Crippen LogP contribution in [0, 0.1) is 0 Å². The lowest BCUT2D eigenvalue weighted by molar-refractivity contribution is -0.138. The van der Waals surface area contributed by atoms with Crippen LogP contribution in [-0.4, -0.2) is 82.7 Å². The molecule has 9 nitrogen and oxygen atoms in total. The van der Waals surface area contributed by atoms with Gasteiger partial charge in [0.25, 0.3) is 0 Å². The van der Waals surface area contributed by atoms with E-state index in [1.807, 2.05) is 24.3 Å². The lowest BCUT2D eigenvalue weighted by Gasteiger charge is -2.34. The molecule has 0 radical (unpaired) electrons. The number of carbonyl (C=O) groups excluding carboxylic acids is 1. The first-order chi connectivity index (χ1) is 19.0. The van der Waals surface area contributed by atoms with Crippen LogP contribution in [-0.2, 0) is 35.5 Å². The number of nitrogens with zero attached hydrogens (tertiary/aromatic N) is 6. The Balaban J connectivity index is 1.25. The molecule has 1 unspecified atom stereocenters. The number of aliphatic hydroxyl groups excluding tert-OH is 1. The van der Waals surface area contributed by atoms with Crippen molar-refractivity contribution in [2.24, 2.45) is 4.99 Å². The van der Waals surface area contributed by atoms with Gasteiger partial charge in [-0.25, -0.2) is 15.0 Å². The minimum Gasteiger partial charge on any atom is -0.378 e. The van der Waals surface area contributed by atoms with Crippen molar-refractivity contribution in [3.63, 3.8) is 0 Å². The van der Waals surface area contributed by atoms with Gasteiger partial charge in [-0.1, -0.05) is 54.6 Å². The van der Waals surface area contributed by atoms with Crippen molar-refractivity contribution in [3.05, 3.63) is 77.0 Å². The molecule has 1 amide bonds. The Hall–Kier alpha value is -3.66. The summed E-state index contributed by atoms with van der Waals surface area (Å²) in [5.74, 6) is 1.64. The van der Waals surface area contributed by atoms with E-state index in [1.165, 1.54) is 16.0 Å². The van der Waals surface area contributed by atoms with Crippen LogP contribution >= 0.6 is 0 Å². The van der Waals surface area contributed by atoms with Gasteiger partial charge in [0.1, 0.15) is 5.82 Å². The number of aliphatic hydroxyl groups is 1. The molecule has 1 atom stereocenters. The third-order valence-corrected chi connectivity index (χ3v) is 7.69. The van der Waals surface area contributed by atoms with Gasteiger partial charge in [-0.05, 0) is 11.1 Å². The normalized spacial score (nSPS) is 20.1. The Labute approximate surface area is 228 Å². The highest BCUT2D eigenvalue weighted by Gasteiger charge is 2.27. The first-order valence-corrected chi connectivity index (χ1v) is 13.6. The van der Waals surface area contributed by atoms with Gasteiger partial charge in [-0.3, -0.25) is 9.69 Å². The molecular weight excluding hydrogens is 492 g/mol. The van der Waals surface area contributed by atoms with Crippen LogP contribution in [0.2, 0.25) is 0 Å². The highest BCUT2D eigenvalue weighted by molar-refractivity contribution is 6.03. The summed E-state index contributed by atoms with van der Waals surface area (Å²) in [5, 5.41) is 10.00. The second-order valence-electron chi connectivity index (χ2n) is 10.4. The molecule has 0 saturated carbocycles. The maximum Gasteiger partial charge on any atom is 0.231 e. The molecule has 6 rings (SSSR count). The Bertz CT molecular complexity index is 1360. The molecule has 39 heavy (non-hydrogen) atoms. The Morgan fingerprint density at radius 3 is 2.49 bits per heavy atom. The van der Waals surface area contributed by atoms with Crippen LogP contribution in [0.5, 0.6) is 0 Å². The number of amides is 1. The lowest BCUT2D eigenvalue weighted by atomic mass is 10.0. The summed E-state index contributed by atoms with van der Waals surface area (Å²) in [6, 6.07) is 18.8. The van der Waals surface area contributed by atoms with E-state index < -0.39 is 6.35 Å². The van der Waals surface area contributed by atoms with E-state index in [1.54, 1.807) is 7.05 Å². The number of benzene rings is 2. The molecular formula is C30H34N6O3. The minimum atomic E-state index is -1.10. The highest BCUT2D eigenvalue weighted by Crippen LogP contribution is 2.31. The van der Waals surface area contributed by atoms with Crippen molar-refractivity contribution in [2.75, 3.05) is 44.8 Å². The number of anilines is 1. The fourth-order valence-electron chi connectivity index (χ4n) is 5.43. The monoisotopic (exact) mass is 526 g/mol. The summed E-state index contributed by atoms with van der Waals surface area (Å²) >= 11 is 0. The molecule has 1 N–H and O–H groups in total. The molecule has 2 aromatic carbocycles. The number of rotatable bonds is 6. The van der Waals surface area contributed by atoms with Crippen LogP contribution in [0.4, 0.5) is 5.82 Å². The first kappa shape index (κ1) is 25.6. The van der Waals surface area contributed by atoms with Gasteiger partial charge in [-0.2, -0.15) is 0 Å². The van der Waals surface area contributed by atoms with E-state index in [2.05, 4.69) is 45.1 Å². The molecule has 0 bridgehead atoms. The van der Waals surface area contributed by atoms with E-state index in [4.69, 9.17) is 14.7 Å². The molecule has 3 aromatic rings. The van der Waals surface area contributed by atoms with E-state index >= 15 is 0 Å². The Kier molecular flexibility index (Phi) is 7.36. The van der Waals surface area contributed by atoms with Gasteiger partial charge < -0.3 is 19.6 Å². The van der Waals surface area contributed by atoms with Crippen molar-refractivity contribution < 1.29 is 14.6 Å². The SMILES string of the molecule is CN1C(=O)CC(Cc2ccc(-c3nc4c(c(N5CCOCC5)n3)CN(Cc3ccccc3)CC4)cc2)=NC1O. The number of morpholine rings is 1. The molecule has 1 saturated heterocycles. The van der Waals surface area contributed by atoms with E-state index in [9.17, 15) is 9.90 Å². The van der Waals surface area contributed by atoms with E-state index in [-0.39, 0.29) is 12.3 Å². The second-order valence-corrected chi connectivity index (χ2v) is 10.4. The van der Waals surface area contributed by atoms with Crippen LogP contribution < -0.4 is 4.90 Å². The zero-order valence-electron chi connectivity index (χ0n) is 22.3. The number of hydrogen-bond donors (Lipinski definition) is 1. The second kappa shape index (κ2) is 11.2. The van der Waals surface area contributed by atoms with Crippen molar-refractivity contribution in [1.29, 1.82) is 0 Å². The van der Waals surface area contributed by atoms with Gasteiger partial charge in [0.15, 0.2) is 5.82 Å². The van der Waals surface area contributed by atoms with Crippen LogP contribution in [0.3, 0.4) is 0 Å². The third kappa shape index (κ3) is 5.71. The number of fused-ring (bicyclic) bond motifs is 1. The summed E-state index contributed by atoms with van der Waals surface area (Å²) in [4.78, 5) is 32.6. The largest absolute Gasteiger partial charge is 0.378 e. The van der Waals surface area contributed by atoms with Crippen LogP contribution in [0.1, 0.15) is 28.8 Å².